The van der Waals surface area contributed by atoms with Crippen molar-refractivity contribution in [2.24, 2.45) is 0 Å². The summed E-state index contributed by atoms with van der Waals surface area (Å²) >= 11 is 0. The average molecular weight is 751 g/mol. The molecule has 0 radical (unpaired) electrons. The van der Waals surface area contributed by atoms with Gasteiger partial charge in [0.05, 0.1) is 27.9 Å². The lowest BCUT2D eigenvalue weighted by Crippen LogP contribution is -2.18. The van der Waals surface area contributed by atoms with Gasteiger partial charge >= 0.3 is 0 Å². The standard InChI is InChI=1S/C47H26F4N6/c1-47(2)39-17-31(56(32-11-7-27(23-52)41(48)18-32)33-12-8-28(24-53)42(49)19-33)15-16-38(39)46-37-6-4-3-5-36(37)45(22-40(46)47)57(34-13-9-29(25-54)43(50)20-34)35-14-10-30(26-55)44(51)21-35/h3-22H,1-2H3. The van der Waals surface area contributed by atoms with Crippen molar-refractivity contribution < 1.29 is 17.6 Å². The van der Waals surface area contributed by atoms with E-state index >= 15 is 17.6 Å². The zero-order valence-electron chi connectivity index (χ0n) is 30.2. The third-order valence-corrected chi connectivity index (χ3v) is 10.5. The molecule has 7 aromatic carbocycles. The molecule has 57 heavy (non-hydrogen) atoms. The van der Waals surface area contributed by atoms with E-state index < -0.39 is 28.7 Å². The zero-order chi connectivity index (χ0) is 40.2. The van der Waals surface area contributed by atoms with E-state index in [1.165, 1.54) is 48.5 Å². The highest BCUT2D eigenvalue weighted by atomic mass is 19.1. The largest absolute Gasteiger partial charge is 0.310 e. The van der Waals surface area contributed by atoms with Gasteiger partial charge < -0.3 is 9.80 Å². The van der Waals surface area contributed by atoms with E-state index in [1.54, 1.807) is 34.1 Å². The van der Waals surface area contributed by atoms with Crippen LogP contribution in [0.1, 0.15) is 47.2 Å². The van der Waals surface area contributed by atoms with Gasteiger partial charge in [0, 0.05) is 39.2 Å². The Morgan fingerprint density at radius 1 is 0.439 bits per heavy atom. The molecule has 0 amide bonds. The molecule has 0 heterocycles. The van der Waals surface area contributed by atoms with Crippen LogP contribution in [0.15, 0.2) is 121 Å². The van der Waals surface area contributed by atoms with Gasteiger partial charge in [-0.1, -0.05) is 44.2 Å². The maximum Gasteiger partial charge on any atom is 0.143 e. The van der Waals surface area contributed by atoms with Gasteiger partial charge in [0.25, 0.3) is 0 Å². The zero-order valence-corrected chi connectivity index (χ0v) is 30.2. The predicted octanol–water partition coefficient (Wildman–Crippen LogP) is 12.1. The lowest BCUT2D eigenvalue weighted by Gasteiger charge is -2.30. The number of hydrogen-bond acceptors (Lipinski definition) is 6. The summed E-state index contributed by atoms with van der Waals surface area (Å²) in [6.07, 6.45) is 0. The molecule has 0 fully saturated rings. The van der Waals surface area contributed by atoms with Crippen LogP contribution in [0.25, 0.3) is 21.9 Å². The quantitative estimate of drug-likeness (QED) is 0.157. The molecule has 0 atom stereocenters. The molecule has 272 valence electrons. The monoisotopic (exact) mass is 750 g/mol. The Bertz CT molecular complexity index is 2890. The number of benzene rings is 7. The minimum atomic E-state index is -0.756. The number of rotatable bonds is 6. The smallest absolute Gasteiger partial charge is 0.143 e. The van der Waals surface area contributed by atoms with Crippen molar-refractivity contribution in [3.05, 3.63) is 178 Å². The lowest BCUT2D eigenvalue weighted by molar-refractivity contribution is 0.622. The van der Waals surface area contributed by atoms with Gasteiger partial charge in [-0.3, -0.25) is 0 Å². The van der Waals surface area contributed by atoms with Crippen LogP contribution in [-0.4, -0.2) is 0 Å². The highest BCUT2D eigenvalue weighted by Gasteiger charge is 2.39. The molecule has 0 saturated heterocycles. The van der Waals surface area contributed by atoms with Crippen molar-refractivity contribution in [3.8, 4) is 35.4 Å². The number of halogens is 4. The Balaban J connectivity index is 1.35. The van der Waals surface area contributed by atoms with Gasteiger partial charge in [-0.05, 0) is 119 Å². The third kappa shape index (κ3) is 5.85. The highest BCUT2D eigenvalue weighted by Crippen LogP contribution is 2.56. The second-order valence-corrected chi connectivity index (χ2v) is 14.0. The van der Waals surface area contributed by atoms with Gasteiger partial charge in [0.1, 0.15) is 47.5 Å². The summed E-state index contributed by atoms with van der Waals surface area (Å²) in [7, 11) is 0. The Hall–Kier alpha value is -7.92. The van der Waals surface area contributed by atoms with E-state index in [0.717, 1.165) is 33.0 Å². The van der Waals surface area contributed by atoms with Gasteiger partial charge in [-0.2, -0.15) is 21.0 Å². The van der Waals surface area contributed by atoms with Crippen LogP contribution in [0.4, 0.5) is 51.7 Å². The molecule has 8 rings (SSSR count). The van der Waals surface area contributed by atoms with Crippen LogP contribution >= 0.6 is 0 Å². The Kier molecular flexibility index (Phi) is 8.69. The summed E-state index contributed by atoms with van der Waals surface area (Å²) in [5.74, 6) is -3.02. The summed E-state index contributed by atoms with van der Waals surface area (Å²) in [6.45, 7) is 4.08. The number of hydrogen-bond donors (Lipinski definition) is 0. The summed E-state index contributed by atoms with van der Waals surface area (Å²) in [5, 5.41) is 39.4. The Labute approximate surface area is 325 Å². The maximum atomic E-state index is 15.3. The van der Waals surface area contributed by atoms with Gasteiger partial charge in [-0.15, -0.1) is 0 Å². The normalized spacial score (nSPS) is 12.1. The molecule has 6 nitrogen and oxygen atoms in total. The van der Waals surface area contributed by atoms with E-state index in [9.17, 15) is 21.0 Å². The fourth-order valence-corrected chi connectivity index (χ4v) is 7.69. The van der Waals surface area contributed by atoms with E-state index in [0.29, 0.717) is 34.1 Å². The van der Waals surface area contributed by atoms with Crippen molar-refractivity contribution in [2.75, 3.05) is 9.80 Å². The molecule has 0 N–H and O–H groups in total. The van der Waals surface area contributed by atoms with Crippen LogP contribution in [0, 0.1) is 68.6 Å². The first kappa shape index (κ1) is 36.1. The van der Waals surface area contributed by atoms with Crippen LogP contribution < -0.4 is 9.80 Å². The summed E-state index contributed by atoms with van der Waals surface area (Å²) in [4.78, 5) is 3.35. The number of nitrogens with zero attached hydrogens (tertiary/aromatic N) is 6. The molecule has 1 aliphatic carbocycles. The molecule has 0 unspecified atom stereocenters. The molecule has 0 saturated carbocycles. The van der Waals surface area contributed by atoms with Crippen LogP contribution in [0.3, 0.4) is 0 Å². The van der Waals surface area contributed by atoms with Gasteiger partial charge in [0.15, 0.2) is 0 Å². The molecule has 0 bridgehead atoms. The second kappa shape index (κ2) is 13.7. The molecular formula is C47H26F4N6. The first-order valence-electron chi connectivity index (χ1n) is 17.6. The topological polar surface area (TPSA) is 102 Å². The van der Waals surface area contributed by atoms with Crippen LogP contribution in [-0.2, 0) is 5.41 Å². The molecule has 1 aliphatic rings. The first-order valence-corrected chi connectivity index (χ1v) is 17.6. The SMILES string of the molecule is CC1(C)c2cc(N(c3ccc(C#N)c(F)c3)c3ccc(C#N)c(F)c3)ccc2-c2c1cc(N(c1ccc(C#N)c(F)c1)c1ccc(C#N)c(F)c1)c1ccccc21. The third-order valence-electron chi connectivity index (χ3n) is 10.5. The van der Waals surface area contributed by atoms with Gasteiger partial charge in [0.2, 0.25) is 0 Å². The van der Waals surface area contributed by atoms with E-state index in [1.807, 2.05) is 86.7 Å². The Morgan fingerprint density at radius 2 is 0.825 bits per heavy atom. The van der Waals surface area contributed by atoms with E-state index in [4.69, 9.17) is 0 Å². The van der Waals surface area contributed by atoms with Crippen molar-refractivity contribution >= 4 is 44.9 Å². The molecular weight excluding hydrogens is 725 g/mol. The fraction of sp³-hybridized carbons (Fsp3) is 0.0638. The van der Waals surface area contributed by atoms with Crippen molar-refractivity contribution in [1.82, 2.24) is 0 Å². The van der Waals surface area contributed by atoms with Crippen LogP contribution in [0.5, 0.6) is 0 Å². The molecule has 0 aromatic heterocycles. The minimum absolute atomic E-state index is 0.153. The molecule has 7 aromatic rings. The molecule has 10 heteroatoms. The lowest BCUT2D eigenvalue weighted by atomic mass is 9.81. The first-order chi connectivity index (χ1) is 27.5. The van der Waals surface area contributed by atoms with E-state index in [2.05, 4.69) is 0 Å². The highest BCUT2D eigenvalue weighted by molar-refractivity contribution is 6.10. The second-order valence-electron chi connectivity index (χ2n) is 14.0. The fourth-order valence-electron chi connectivity index (χ4n) is 7.69. The van der Waals surface area contributed by atoms with Crippen molar-refractivity contribution in [1.29, 1.82) is 21.0 Å². The summed E-state index contributed by atoms with van der Waals surface area (Å²) in [6, 6.07) is 39.3. The maximum absolute atomic E-state index is 15.3. The van der Waals surface area contributed by atoms with Gasteiger partial charge in [-0.25, -0.2) is 17.6 Å². The molecule has 0 aliphatic heterocycles. The number of nitriles is 4. The minimum Gasteiger partial charge on any atom is -0.310 e. The Morgan fingerprint density at radius 3 is 1.25 bits per heavy atom. The summed E-state index contributed by atoms with van der Waals surface area (Å²) in [5.41, 5.74) is 4.67. The van der Waals surface area contributed by atoms with E-state index in [-0.39, 0.29) is 22.3 Å². The number of fused-ring (bicyclic) bond motifs is 5. The summed E-state index contributed by atoms with van der Waals surface area (Å²) < 4.78 is 60.9. The predicted molar refractivity (Wildman–Crippen MR) is 210 cm³/mol. The van der Waals surface area contributed by atoms with Crippen molar-refractivity contribution in [3.63, 3.8) is 0 Å². The molecule has 0 spiro atoms. The number of anilines is 6. The average Bonchev–Trinajstić information content (AvgIpc) is 3.43. The van der Waals surface area contributed by atoms with Crippen molar-refractivity contribution in [2.45, 2.75) is 19.3 Å². The van der Waals surface area contributed by atoms with Crippen LogP contribution in [0.2, 0.25) is 0 Å².